The normalized spacial score (nSPS) is 11.9. The maximum absolute atomic E-state index is 13.1. The average Bonchev–Trinajstić information content (AvgIpc) is 3.05. The van der Waals surface area contributed by atoms with Gasteiger partial charge in [-0.3, -0.25) is 9.97 Å². The van der Waals surface area contributed by atoms with Gasteiger partial charge in [-0.15, -0.1) is 0 Å². The van der Waals surface area contributed by atoms with Crippen LogP contribution >= 0.6 is 11.6 Å². The molecule has 0 fully saturated rings. The maximum Gasteiger partial charge on any atom is 0.416 e. The third-order valence-electron chi connectivity index (χ3n) is 4.29. The van der Waals surface area contributed by atoms with E-state index in [1.165, 1.54) is 12.6 Å². The first-order chi connectivity index (χ1) is 13.4. The Morgan fingerprint density at radius 1 is 1.07 bits per heavy atom. The van der Waals surface area contributed by atoms with E-state index in [1.807, 2.05) is 18.3 Å². The molecule has 4 nitrogen and oxygen atoms in total. The lowest BCUT2D eigenvalue weighted by Gasteiger charge is -2.11. The van der Waals surface area contributed by atoms with Gasteiger partial charge in [0.2, 0.25) is 0 Å². The van der Waals surface area contributed by atoms with Crippen LogP contribution in [0.15, 0.2) is 55.2 Å². The van der Waals surface area contributed by atoms with Crippen molar-refractivity contribution in [1.29, 1.82) is 0 Å². The number of H-pyrrole nitrogens is 1. The van der Waals surface area contributed by atoms with E-state index in [1.54, 1.807) is 18.5 Å². The third-order valence-corrected chi connectivity index (χ3v) is 4.49. The first kappa shape index (κ1) is 18.4. The van der Waals surface area contributed by atoms with Crippen LogP contribution in [0.25, 0.3) is 11.0 Å². The number of nitrogens with one attached hydrogen (secondary N) is 1. The molecule has 0 saturated heterocycles. The van der Waals surface area contributed by atoms with Crippen LogP contribution in [0.1, 0.15) is 27.9 Å². The first-order valence-electron chi connectivity index (χ1n) is 8.32. The molecule has 0 amide bonds. The number of fused-ring (bicyclic) bond motifs is 1. The second-order valence-corrected chi connectivity index (χ2v) is 6.67. The minimum Gasteiger partial charge on any atom is -0.346 e. The highest BCUT2D eigenvalue weighted by Crippen LogP contribution is 2.32. The Morgan fingerprint density at radius 3 is 2.68 bits per heavy atom. The molecular formula is C20H13ClF3N4. The maximum atomic E-state index is 13.1. The summed E-state index contributed by atoms with van der Waals surface area (Å²) in [5, 5.41) is 1.47. The number of alkyl halides is 3. The molecule has 0 unspecified atom stereocenters. The van der Waals surface area contributed by atoms with Crippen LogP contribution in [0.3, 0.4) is 0 Å². The van der Waals surface area contributed by atoms with Crippen molar-refractivity contribution in [3.05, 3.63) is 94.6 Å². The van der Waals surface area contributed by atoms with Crippen LogP contribution in [0, 0.1) is 6.42 Å². The van der Waals surface area contributed by atoms with Gasteiger partial charge in [0, 0.05) is 54.9 Å². The molecule has 1 N–H and O–H groups in total. The zero-order valence-corrected chi connectivity index (χ0v) is 15.1. The van der Waals surface area contributed by atoms with Gasteiger partial charge in [-0.05, 0) is 34.9 Å². The van der Waals surface area contributed by atoms with Gasteiger partial charge < -0.3 is 4.98 Å². The SMILES string of the molecule is FC(F)(F)c1ccncc1[CH]c1ccc(Cc2c[nH]c3ncc(Cl)cc23)cn1. The number of aromatic amines is 1. The fourth-order valence-corrected chi connectivity index (χ4v) is 3.12. The molecule has 4 aromatic rings. The highest BCUT2D eigenvalue weighted by molar-refractivity contribution is 6.31. The van der Waals surface area contributed by atoms with E-state index in [9.17, 15) is 13.2 Å². The smallest absolute Gasteiger partial charge is 0.346 e. The summed E-state index contributed by atoms with van der Waals surface area (Å²) in [5.41, 5.74) is 2.33. The molecular weight excluding hydrogens is 389 g/mol. The molecule has 0 atom stereocenters. The van der Waals surface area contributed by atoms with Crippen molar-refractivity contribution in [3.63, 3.8) is 0 Å². The van der Waals surface area contributed by atoms with Crippen molar-refractivity contribution < 1.29 is 13.2 Å². The predicted octanol–water partition coefficient (Wildman–Crippen LogP) is 5.22. The largest absolute Gasteiger partial charge is 0.416 e. The van der Waals surface area contributed by atoms with E-state index in [0.717, 1.165) is 34.4 Å². The van der Waals surface area contributed by atoms with E-state index < -0.39 is 11.7 Å². The molecule has 28 heavy (non-hydrogen) atoms. The molecule has 0 bridgehead atoms. The van der Waals surface area contributed by atoms with Gasteiger partial charge in [0.05, 0.1) is 10.6 Å². The summed E-state index contributed by atoms with van der Waals surface area (Å²) >= 11 is 6.02. The Labute approximate surface area is 163 Å². The Hall–Kier alpha value is -2.93. The van der Waals surface area contributed by atoms with Crippen molar-refractivity contribution in [1.82, 2.24) is 19.9 Å². The van der Waals surface area contributed by atoms with E-state index >= 15 is 0 Å². The third kappa shape index (κ3) is 3.84. The first-order valence-corrected chi connectivity index (χ1v) is 8.70. The van der Waals surface area contributed by atoms with Gasteiger partial charge in [-0.1, -0.05) is 17.7 Å². The molecule has 0 aliphatic heterocycles. The van der Waals surface area contributed by atoms with Gasteiger partial charge in [0.1, 0.15) is 5.65 Å². The highest BCUT2D eigenvalue weighted by Gasteiger charge is 2.33. The summed E-state index contributed by atoms with van der Waals surface area (Å²) in [6, 6.07) is 6.31. The fraction of sp³-hybridized carbons (Fsp3) is 0.100. The molecule has 8 heteroatoms. The summed E-state index contributed by atoms with van der Waals surface area (Å²) in [7, 11) is 0. The molecule has 141 valence electrons. The average molecular weight is 402 g/mol. The van der Waals surface area contributed by atoms with Crippen molar-refractivity contribution in [3.8, 4) is 0 Å². The molecule has 0 saturated carbocycles. The van der Waals surface area contributed by atoms with Gasteiger partial charge in [-0.25, -0.2) is 4.98 Å². The number of halogens is 4. The van der Waals surface area contributed by atoms with Crippen molar-refractivity contribution in [2.45, 2.75) is 12.6 Å². The summed E-state index contributed by atoms with van der Waals surface area (Å²) < 4.78 is 39.3. The molecule has 4 rings (SSSR count). The van der Waals surface area contributed by atoms with Crippen molar-refractivity contribution in [2.75, 3.05) is 0 Å². The fourth-order valence-electron chi connectivity index (χ4n) is 2.96. The number of hydrogen-bond donors (Lipinski definition) is 1. The Morgan fingerprint density at radius 2 is 1.93 bits per heavy atom. The number of pyridine rings is 3. The summed E-state index contributed by atoms with van der Waals surface area (Å²) in [4.78, 5) is 15.4. The molecule has 4 heterocycles. The molecule has 4 aromatic heterocycles. The number of rotatable bonds is 4. The monoisotopic (exact) mass is 401 g/mol. The quantitative estimate of drug-likeness (QED) is 0.510. The second-order valence-electron chi connectivity index (χ2n) is 6.24. The number of aromatic nitrogens is 4. The summed E-state index contributed by atoms with van der Waals surface area (Å²) in [5.74, 6) is 0. The predicted molar refractivity (Wildman–Crippen MR) is 99.9 cm³/mol. The zero-order valence-electron chi connectivity index (χ0n) is 14.3. The minimum atomic E-state index is -4.45. The second kappa shape index (κ2) is 7.24. The Kier molecular flexibility index (Phi) is 4.77. The van der Waals surface area contributed by atoms with E-state index in [4.69, 9.17) is 11.6 Å². The van der Waals surface area contributed by atoms with Crippen LogP contribution in [0.4, 0.5) is 13.2 Å². The topological polar surface area (TPSA) is 54.5 Å². The lowest BCUT2D eigenvalue weighted by molar-refractivity contribution is -0.138. The Balaban J connectivity index is 1.54. The lowest BCUT2D eigenvalue weighted by atomic mass is 10.0. The van der Waals surface area contributed by atoms with Gasteiger partial charge >= 0.3 is 6.18 Å². The molecule has 1 radical (unpaired) electrons. The van der Waals surface area contributed by atoms with Crippen LogP contribution < -0.4 is 0 Å². The molecule has 0 aromatic carbocycles. The number of hydrogen-bond acceptors (Lipinski definition) is 3. The van der Waals surface area contributed by atoms with Crippen molar-refractivity contribution in [2.24, 2.45) is 0 Å². The summed E-state index contributed by atoms with van der Waals surface area (Å²) in [6.07, 6.45) is 4.90. The van der Waals surface area contributed by atoms with Crippen LogP contribution in [0.5, 0.6) is 0 Å². The van der Waals surface area contributed by atoms with E-state index in [2.05, 4.69) is 19.9 Å². The van der Waals surface area contributed by atoms with Crippen molar-refractivity contribution >= 4 is 22.6 Å². The standard InChI is InChI=1S/C20H13ClF3N4/c21-15-7-17-13(10-27-19(17)28-11-15)5-12-1-2-16(26-8-12)6-14-9-25-4-3-18(14)20(22,23)24/h1-4,6-11H,5H2,(H,27,28). The van der Waals surface area contributed by atoms with Gasteiger partial charge in [0.25, 0.3) is 0 Å². The molecule has 0 aliphatic rings. The van der Waals surface area contributed by atoms with Gasteiger partial charge in [-0.2, -0.15) is 13.2 Å². The highest BCUT2D eigenvalue weighted by atomic mass is 35.5. The van der Waals surface area contributed by atoms with Crippen LogP contribution in [0.2, 0.25) is 5.02 Å². The van der Waals surface area contributed by atoms with E-state index in [0.29, 0.717) is 17.1 Å². The van der Waals surface area contributed by atoms with Gasteiger partial charge in [0.15, 0.2) is 0 Å². The summed E-state index contributed by atoms with van der Waals surface area (Å²) in [6.45, 7) is 0. The zero-order chi connectivity index (χ0) is 19.7. The molecule has 0 aliphatic carbocycles. The lowest BCUT2D eigenvalue weighted by Crippen LogP contribution is -2.09. The molecule has 0 spiro atoms. The Bertz CT molecular complexity index is 1120. The minimum absolute atomic E-state index is 0.0207. The number of nitrogens with zero attached hydrogens (tertiary/aromatic N) is 3. The van der Waals surface area contributed by atoms with E-state index in [-0.39, 0.29) is 5.56 Å². The van der Waals surface area contributed by atoms with Crippen LogP contribution in [-0.2, 0) is 12.6 Å². The van der Waals surface area contributed by atoms with Crippen LogP contribution in [-0.4, -0.2) is 19.9 Å².